The van der Waals surface area contributed by atoms with Crippen LogP contribution in [0.15, 0.2) is 18.5 Å². The standard InChI is InChI=1S/C7H10FN3/c8-6-4-11-2-1-5(6)7(10)3-9/h1-2,4,7H,3,9-10H2/t7-/m1/s1. The Hall–Kier alpha value is -1.00. The fraction of sp³-hybridized carbons (Fsp3) is 0.286. The zero-order valence-electron chi connectivity index (χ0n) is 6.00. The van der Waals surface area contributed by atoms with Crippen LogP contribution in [-0.2, 0) is 0 Å². The maximum Gasteiger partial charge on any atom is 0.146 e. The molecule has 1 heterocycles. The first-order valence-electron chi connectivity index (χ1n) is 3.30. The van der Waals surface area contributed by atoms with E-state index in [0.29, 0.717) is 5.56 Å². The summed E-state index contributed by atoms with van der Waals surface area (Å²) in [5.74, 6) is -0.398. The van der Waals surface area contributed by atoms with Gasteiger partial charge in [-0.3, -0.25) is 4.98 Å². The van der Waals surface area contributed by atoms with Gasteiger partial charge >= 0.3 is 0 Å². The van der Waals surface area contributed by atoms with E-state index in [1.54, 1.807) is 0 Å². The van der Waals surface area contributed by atoms with E-state index in [1.165, 1.54) is 12.3 Å². The van der Waals surface area contributed by atoms with Crippen LogP contribution in [0.1, 0.15) is 11.6 Å². The van der Waals surface area contributed by atoms with Crippen molar-refractivity contribution in [3.8, 4) is 0 Å². The van der Waals surface area contributed by atoms with Crippen LogP contribution in [0.4, 0.5) is 4.39 Å². The van der Waals surface area contributed by atoms with Gasteiger partial charge in [-0.05, 0) is 6.07 Å². The maximum absolute atomic E-state index is 12.8. The van der Waals surface area contributed by atoms with Crippen LogP contribution in [0.25, 0.3) is 0 Å². The van der Waals surface area contributed by atoms with Crippen LogP contribution in [0.3, 0.4) is 0 Å². The number of hydrogen-bond acceptors (Lipinski definition) is 3. The van der Waals surface area contributed by atoms with Crippen molar-refractivity contribution < 1.29 is 4.39 Å². The van der Waals surface area contributed by atoms with E-state index in [9.17, 15) is 4.39 Å². The van der Waals surface area contributed by atoms with Crippen LogP contribution in [0.2, 0.25) is 0 Å². The summed E-state index contributed by atoms with van der Waals surface area (Å²) in [5, 5.41) is 0. The predicted molar refractivity (Wildman–Crippen MR) is 40.2 cm³/mol. The van der Waals surface area contributed by atoms with Crippen LogP contribution in [0.5, 0.6) is 0 Å². The lowest BCUT2D eigenvalue weighted by atomic mass is 10.1. The van der Waals surface area contributed by atoms with Gasteiger partial charge in [-0.1, -0.05) is 0 Å². The minimum absolute atomic E-state index is 0.237. The molecule has 3 nitrogen and oxygen atoms in total. The van der Waals surface area contributed by atoms with Gasteiger partial charge < -0.3 is 11.5 Å². The molecule has 0 amide bonds. The Labute approximate surface area is 64.2 Å². The molecule has 4 N–H and O–H groups in total. The average molecular weight is 155 g/mol. The van der Waals surface area contributed by atoms with Crippen LogP contribution in [0, 0.1) is 5.82 Å². The summed E-state index contributed by atoms with van der Waals surface area (Å²) < 4.78 is 12.8. The predicted octanol–water partition coefficient (Wildman–Crippen LogP) is 0.179. The van der Waals surface area contributed by atoms with Crippen LogP contribution in [-0.4, -0.2) is 11.5 Å². The summed E-state index contributed by atoms with van der Waals surface area (Å²) in [6.45, 7) is 0.237. The number of nitrogens with zero attached hydrogens (tertiary/aromatic N) is 1. The largest absolute Gasteiger partial charge is 0.329 e. The molecule has 0 saturated carbocycles. The highest BCUT2D eigenvalue weighted by Gasteiger charge is 2.07. The fourth-order valence-electron chi connectivity index (χ4n) is 0.814. The third-order valence-electron chi connectivity index (χ3n) is 1.46. The van der Waals surface area contributed by atoms with Crippen molar-refractivity contribution in [1.82, 2.24) is 4.98 Å². The highest BCUT2D eigenvalue weighted by atomic mass is 19.1. The highest BCUT2D eigenvalue weighted by molar-refractivity contribution is 5.16. The van der Waals surface area contributed by atoms with Crippen molar-refractivity contribution >= 4 is 0 Å². The van der Waals surface area contributed by atoms with E-state index in [4.69, 9.17) is 11.5 Å². The van der Waals surface area contributed by atoms with Gasteiger partial charge in [0.05, 0.1) is 6.20 Å². The van der Waals surface area contributed by atoms with Crippen LogP contribution < -0.4 is 11.5 Å². The number of rotatable bonds is 2. The molecule has 0 aliphatic carbocycles. The summed E-state index contributed by atoms with van der Waals surface area (Å²) in [6.07, 6.45) is 2.62. The summed E-state index contributed by atoms with van der Waals surface area (Å²) in [6, 6.07) is 1.10. The minimum atomic E-state index is -0.432. The molecule has 0 radical (unpaired) electrons. The van der Waals surface area contributed by atoms with Crippen molar-refractivity contribution in [2.45, 2.75) is 6.04 Å². The minimum Gasteiger partial charge on any atom is -0.329 e. The summed E-state index contributed by atoms with van der Waals surface area (Å²) in [4.78, 5) is 3.59. The molecule has 0 bridgehead atoms. The summed E-state index contributed by atoms with van der Waals surface area (Å²) in [5.41, 5.74) is 11.2. The zero-order valence-corrected chi connectivity index (χ0v) is 6.00. The Balaban J connectivity index is 2.93. The van der Waals surface area contributed by atoms with Gasteiger partial charge in [-0.25, -0.2) is 4.39 Å². The molecule has 1 aromatic rings. The molecule has 1 atom stereocenters. The highest BCUT2D eigenvalue weighted by Crippen LogP contribution is 2.11. The molecular weight excluding hydrogens is 145 g/mol. The monoisotopic (exact) mass is 155 g/mol. The first kappa shape index (κ1) is 8.10. The van der Waals surface area contributed by atoms with E-state index < -0.39 is 11.9 Å². The zero-order chi connectivity index (χ0) is 8.27. The molecule has 0 unspecified atom stereocenters. The van der Waals surface area contributed by atoms with Crippen molar-refractivity contribution in [1.29, 1.82) is 0 Å². The lowest BCUT2D eigenvalue weighted by Gasteiger charge is -2.08. The van der Waals surface area contributed by atoms with Crippen molar-refractivity contribution in [3.05, 3.63) is 29.8 Å². The maximum atomic E-state index is 12.8. The Morgan fingerprint density at radius 3 is 2.91 bits per heavy atom. The number of hydrogen-bond donors (Lipinski definition) is 2. The fourth-order valence-corrected chi connectivity index (χ4v) is 0.814. The second-order valence-electron chi connectivity index (χ2n) is 2.24. The van der Waals surface area contributed by atoms with Gasteiger partial charge in [-0.15, -0.1) is 0 Å². The van der Waals surface area contributed by atoms with Gasteiger partial charge in [0.15, 0.2) is 0 Å². The van der Waals surface area contributed by atoms with E-state index in [-0.39, 0.29) is 6.54 Å². The molecule has 60 valence electrons. The number of aromatic nitrogens is 1. The SMILES string of the molecule is NC[C@@H](N)c1ccncc1F. The van der Waals surface area contributed by atoms with Crippen molar-refractivity contribution in [3.63, 3.8) is 0 Å². The van der Waals surface area contributed by atoms with Crippen molar-refractivity contribution in [2.24, 2.45) is 11.5 Å². The lowest BCUT2D eigenvalue weighted by Crippen LogP contribution is -2.21. The molecule has 0 aromatic carbocycles. The average Bonchev–Trinajstić information content (AvgIpc) is 2.04. The Bertz CT molecular complexity index is 239. The van der Waals surface area contributed by atoms with Gasteiger partial charge in [0.25, 0.3) is 0 Å². The smallest absolute Gasteiger partial charge is 0.146 e. The molecular formula is C7H10FN3. The van der Waals surface area contributed by atoms with Gasteiger partial charge in [0, 0.05) is 24.3 Å². The number of nitrogens with two attached hydrogens (primary N) is 2. The quantitative estimate of drug-likeness (QED) is 0.640. The molecule has 4 heteroatoms. The van der Waals surface area contributed by atoms with Crippen LogP contribution >= 0.6 is 0 Å². The first-order chi connectivity index (χ1) is 5.25. The van der Waals surface area contributed by atoms with Gasteiger partial charge in [0.2, 0.25) is 0 Å². The second-order valence-corrected chi connectivity index (χ2v) is 2.24. The van der Waals surface area contributed by atoms with E-state index in [2.05, 4.69) is 4.98 Å². The van der Waals surface area contributed by atoms with Crippen molar-refractivity contribution in [2.75, 3.05) is 6.54 Å². The summed E-state index contributed by atoms with van der Waals surface area (Å²) >= 11 is 0. The molecule has 0 fully saturated rings. The van der Waals surface area contributed by atoms with E-state index >= 15 is 0 Å². The topological polar surface area (TPSA) is 64.9 Å². The molecule has 1 aromatic heterocycles. The lowest BCUT2D eigenvalue weighted by molar-refractivity contribution is 0.578. The Morgan fingerprint density at radius 2 is 2.36 bits per heavy atom. The second kappa shape index (κ2) is 3.41. The van der Waals surface area contributed by atoms with E-state index in [1.807, 2.05) is 0 Å². The summed E-state index contributed by atoms with van der Waals surface area (Å²) in [7, 11) is 0. The third-order valence-corrected chi connectivity index (χ3v) is 1.46. The first-order valence-corrected chi connectivity index (χ1v) is 3.30. The van der Waals surface area contributed by atoms with Gasteiger partial charge in [0.1, 0.15) is 5.82 Å². The Morgan fingerprint density at radius 1 is 1.64 bits per heavy atom. The third kappa shape index (κ3) is 1.72. The number of pyridine rings is 1. The normalized spacial score (nSPS) is 13.0. The molecule has 0 saturated heterocycles. The molecule has 0 aliphatic heterocycles. The van der Waals surface area contributed by atoms with E-state index in [0.717, 1.165) is 6.20 Å². The molecule has 0 spiro atoms. The molecule has 0 aliphatic rings. The number of halogens is 1. The van der Waals surface area contributed by atoms with Gasteiger partial charge in [-0.2, -0.15) is 0 Å². The Kier molecular flexibility index (Phi) is 2.51. The molecule has 1 rings (SSSR count). The molecule has 11 heavy (non-hydrogen) atoms.